The highest BCUT2D eigenvalue weighted by Crippen LogP contribution is 2.15. The van der Waals surface area contributed by atoms with Crippen LogP contribution in [0.3, 0.4) is 0 Å². The van der Waals surface area contributed by atoms with Gasteiger partial charge in [0.25, 0.3) is 0 Å². The van der Waals surface area contributed by atoms with Gasteiger partial charge >= 0.3 is 0 Å². The Hall–Kier alpha value is -1.51. The van der Waals surface area contributed by atoms with Crippen LogP contribution in [0.1, 0.15) is 5.69 Å². The Morgan fingerprint density at radius 2 is 2.41 bits per heavy atom. The summed E-state index contributed by atoms with van der Waals surface area (Å²) in [5.74, 6) is -0.389. The van der Waals surface area contributed by atoms with E-state index in [2.05, 4.69) is 20.0 Å². The van der Waals surface area contributed by atoms with E-state index >= 15 is 0 Å². The second kappa shape index (κ2) is 5.21. The normalized spacial score (nSPS) is 10.2. The first-order valence-electron chi connectivity index (χ1n) is 4.65. The Labute approximate surface area is 110 Å². The van der Waals surface area contributed by atoms with Crippen LogP contribution in [-0.2, 0) is 11.2 Å². The summed E-state index contributed by atoms with van der Waals surface area (Å²) in [4.78, 5) is 15.4. The Bertz CT molecular complexity index is 530. The highest BCUT2D eigenvalue weighted by atomic mass is 127. The van der Waals surface area contributed by atoms with Crippen LogP contribution in [0.5, 0.6) is 0 Å². The van der Waals surface area contributed by atoms with Crippen LogP contribution in [0.25, 0.3) is 0 Å². The molecule has 0 atom stereocenters. The minimum atomic E-state index is -0.441. The quantitative estimate of drug-likeness (QED) is 0.863. The molecule has 0 fully saturated rings. The fourth-order valence-electron chi connectivity index (χ4n) is 1.18. The van der Waals surface area contributed by atoms with Crippen LogP contribution >= 0.6 is 22.6 Å². The first-order valence-corrected chi connectivity index (χ1v) is 5.73. The number of nitrogens with one attached hydrogen (secondary N) is 1. The molecule has 0 unspecified atom stereocenters. The van der Waals surface area contributed by atoms with Crippen LogP contribution in [0, 0.1) is 9.39 Å². The van der Waals surface area contributed by atoms with Crippen molar-refractivity contribution in [3.8, 4) is 0 Å². The van der Waals surface area contributed by atoms with E-state index in [4.69, 9.17) is 0 Å². The number of pyridine rings is 1. The molecule has 1 N–H and O–H groups in total. The molecule has 0 radical (unpaired) electrons. The van der Waals surface area contributed by atoms with Crippen molar-refractivity contribution in [2.24, 2.45) is 0 Å². The smallest absolute Gasteiger partial charge is 0.231 e. The molecule has 2 aromatic rings. The van der Waals surface area contributed by atoms with Gasteiger partial charge in [-0.1, -0.05) is 5.16 Å². The van der Waals surface area contributed by atoms with E-state index in [0.29, 0.717) is 15.1 Å². The van der Waals surface area contributed by atoms with Gasteiger partial charge in [-0.15, -0.1) is 0 Å². The zero-order valence-corrected chi connectivity index (χ0v) is 10.6. The number of hydrogen-bond donors (Lipinski definition) is 1. The summed E-state index contributed by atoms with van der Waals surface area (Å²) in [5.41, 5.74) is 0.527. The number of carbonyl (C=O) groups is 1. The van der Waals surface area contributed by atoms with Gasteiger partial charge in [-0.05, 0) is 28.7 Å². The lowest BCUT2D eigenvalue weighted by atomic mass is 10.3. The van der Waals surface area contributed by atoms with Gasteiger partial charge in [-0.25, -0.2) is 9.37 Å². The number of nitrogens with zero attached hydrogens (tertiary/aromatic N) is 2. The second-order valence-corrected chi connectivity index (χ2v) is 4.36. The maximum Gasteiger partial charge on any atom is 0.231 e. The molecule has 0 aromatic carbocycles. The summed E-state index contributed by atoms with van der Waals surface area (Å²) in [6, 6.07) is 2.89. The van der Waals surface area contributed by atoms with Crippen molar-refractivity contribution in [3.63, 3.8) is 0 Å². The molecule has 0 saturated carbocycles. The molecule has 88 valence electrons. The summed E-state index contributed by atoms with van der Waals surface area (Å²) >= 11 is 1.90. The average Bonchev–Trinajstić information content (AvgIpc) is 2.75. The van der Waals surface area contributed by atoms with Gasteiger partial charge in [0.2, 0.25) is 5.91 Å². The van der Waals surface area contributed by atoms with Crippen molar-refractivity contribution in [2.45, 2.75) is 6.42 Å². The lowest BCUT2D eigenvalue weighted by Gasteiger charge is -2.04. The third kappa shape index (κ3) is 3.22. The SMILES string of the molecule is O=C(Cc1ccon1)Nc1ncc(F)cc1I. The van der Waals surface area contributed by atoms with Crippen LogP contribution in [0.15, 0.2) is 29.1 Å². The molecule has 2 aromatic heterocycles. The molecular weight excluding hydrogens is 340 g/mol. The summed E-state index contributed by atoms with van der Waals surface area (Å²) in [6.45, 7) is 0. The first kappa shape index (κ1) is 12.0. The van der Waals surface area contributed by atoms with Gasteiger partial charge in [-0.2, -0.15) is 0 Å². The second-order valence-electron chi connectivity index (χ2n) is 3.20. The Morgan fingerprint density at radius 1 is 1.59 bits per heavy atom. The topological polar surface area (TPSA) is 68.0 Å². The number of halogens is 2. The van der Waals surface area contributed by atoms with Crippen LogP contribution < -0.4 is 5.32 Å². The standard InChI is InChI=1S/C10H7FIN3O2/c11-6-3-8(12)10(13-5-6)14-9(16)4-7-1-2-17-15-7/h1-3,5H,4H2,(H,13,14,16). The van der Waals surface area contributed by atoms with Crippen molar-refractivity contribution in [3.05, 3.63) is 39.7 Å². The molecule has 0 saturated heterocycles. The number of aromatic nitrogens is 2. The first-order chi connectivity index (χ1) is 8.15. The monoisotopic (exact) mass is 347 g/mol. The number of amides is 1. The highest BCUT2D eigenvalue weighted by molar-refractivity contribution is 14.1. The highest BCUT2D eigenvalue weighted by Gasteiger charge is 2.09. The van der Waals surface area contributed by atoms with E-state index in [1.807, 2.05) is 22.6 Å². The van der Waals surface area contributed by atoms with E-state index in [0.717, 1.165) is 6.20 Å². The van der Waals surface area contributed by atoms with Crippen molar-refractivity contribution >= 4 is 34.3 Å². The predicted octanol–water partition coefficient (Wildman–Crippen LogP) is 1.99. The summed E-state index contributed by atoms with van der Waals surface area (Å²) in [6.07, 6.45) is 2.53. The third-order valence-electron chi connectivity index (χ3n) is 1.90. The number of hydrogen-bond acceptors (Lipinski definition) is 4. The molecule has 0 aliphatic carbocycles. The van der Waals surface area contributed by atoms with Gasteiger partial charge in [0.15, 0.2) is 0 Å². The van der Waals surface area contributed by atoms with Gasteiger partial charge < -0.3 is 9.84 Å². The average molecular weight is 347 g/mol. The Morgan fingerprint density at radius 3 is 3.06 bits per heavy atom. The minimum absolute atomic E-state index is 0.0889. The molecule has 7 heteroatoms. The molecule has 0 aliphatic rings. The molecule has 0 bridgehead atoms. The lowest BCUT2D eigenvalue weighted by Crippen LogP contribution is -2.16. The van der Waals surface area contributed by atoms with E-state index in [9.17, 15) is 9.18 Å². The van der Waals surface area contributed by atoms with Crippen LogP contribution in [-0.4, -0.2) is 16.0 Å². The largest absolute Gasteiger partial charge is 0.364 e. The summed E-state index contributed by atoms with van der Waals surface area (Å²) < 4.78 is 17.9. The maximum atomic E-state index is 12.8. The van der Waals surface area contributed by atoms with Crippen molar-refractivity contribution in [2.75, 3.05) is 5.32 Å². The van der Waals surface area contributed by atoms with E-state index in [1.165, 1.54) is 12.3 Å². The molecule has 17 heavy (non-hydrogen) atoms. The van der Waals surface area contributed by atoms with Crippen molar-refractivity contribution in [1.82, 2.24) is 10.1 Å². The Balaban J connectivity index is 2.03. The fourth-order valence-corrected chi connectivity index (χ4v) is 1.75. The summed E-state index contributed by atoms with van der Waals surface area (Å²) in [5, 5.41) is 6.19. The molecule has 2 heterocycles. The number of anilines is 1. The van der Waals surface area contributed by atoms with Crippen molar-refractivity contribution < 1.29 is 13.7 Å². The van der Waals surface area contributed by atoms with Gasteiger partial charge in [0.05, 0.1) is 21.9 Å². The lowest BCUT2D eigenvalue weighted by molar-refractivity contribution is -0.115. The van der Waals surface area contributed by atoms with Crippen molar-refractivity contribution in [1.29, 1.82) is 0 Å². The molecule has 0 aliphatic heterocycles. The predicted molar refractivity (Wildman–Crippen MR) is 65.7 cm³/mol. The zero-order chi connectivity index (χ0) is 12.3. The fraction of sp³-hybridized carbons (Fsp3) is 0.100. The summed E-state index contributed by atoms with van der Waals surface area (Å²) in [7, 11) is 0. The molecule has 2 rings (SSSR count). The van der Waals surface area contributed by atoms with E-state index < -0.39 is 5.82 Å². The molecule has 5 nitrogen and oxygen atoms in total. The van der Waals surface area contributed by atoms with E-state index in [-0.39, 0.29) is 12.3 Å². The van der Waals surface area contributed by atoms with Crippen LogP contribution in [0.2, 0.25) is 0 Å². The minimum Gasteiger partial charge on any atom is -0.364 e. The maximum absolute atomic E-state index is 12.8. The number of rotatable bonds is 3. The third-order valence-corrected chi connectivity index (χ3v) is 2.72. The van der Waals surface area contributed by atoms with Gasteiger partial charge in [0.1, 0.15) is 17.9 Å². The zero-order valence-electron chi connectivity index (χ0n) is 8.48. The number of carbonyl (C=O) groups excluding carboxylic acids is 1. The molecule has 0 spiro atoms. The molecule has 1 amide bonds. The van der Waals surface area contributed by atoms with E-state index in [1.54, 1.807) is 6.07 Å². The Kier molecular flexibility index (Phi) is 3.67. The van der Waals surface area contributed by atoms with Crippen LogP contribution in [0.4, 0.5) is 10.2 Å². The van der Waals surface area contributed by atoms with Gasteiger partial charge in [0, 0.05) is 6.07 Å². The van der Waals surface area contributed by atoms with Gasteiger partial charge in [-0.3, -0.25) is 4.79 Å². The molecular formula is C10H7FIN3O2.